The molecule has 1 aliphatic rings. The fourth-order valence-electron chi connectivity index (χ4n) is 12.7. The van der Waals surface area contributed by atoms with Gasteiger partial charge in [0.15, 0.2) is 0 Å². The van der Waals surface area contributed by atoms with Crippen molar-refractivity contribution in [2.75, 3.05) is 0 Å². The highest BCUT2D eigenvalue weighted by Gasteiger charge is 2.47. The first-order valence-electron chi connectivity index (χ1n) is 24.5. The summed E-state index contributed by atoms with van der Waals surface area (Å²) in [5.41, 5.74) is 18.7. The molecule has 3 nitrogen and oxygen atoms in total. The molecule has 1 aliphatic carbocycles. The van der Waals surface area contributed by atoms with E-state index in [0.29, 0.717) is 0 Å². The molecule has 0 N–H and O–H groups in total. The van der Waals surface area contributed by atoms with Crippen LogP contribution < -0.4 is 5.56 Å². The second-order valence-corrected chi connectivity index (χ2v) is 19.0. The summed E-state index contributed by atoms with van der Waals surface area (Å²) < 4.78 is 4.44. The number of nitrogens with zero attached hydrogens (tertiary/aromatic N) is 2. The molecular weight excluding hydrogens is 861 g/mol. The molecule has 15 rings (SSSR count). The molecule has 11 aromatic carbocycles. The molecule has 0 saturated carbocycles. The molecule has 14 aromatic rings. The van der Waals surface area contributed by atoms with Crippen molar-refractivity contribution >= 4 is 59.8 Å². The number of fused-ring (bicyclic) bond motifs is 11. The normalized spacial score (nSPS) is 13.0. The molecule has 330 valence electrons. The first-order chi connectivity index (χ1) is 35.2. The van der Waals surface area contributed by atoms with E-state index in [0.717, 1.165) is 65.9 Å². The highest BCUT2D eigenvalue weighted by atomic mass is 16.1. The lowest BCUT2D eigenvalue weighted by molar-refractivity contribution is 0.767. The monoisotopic (exact) mass is 902 g/mol. The predicted molar refractivity (Wildman–Crippen MR) is 295 cm³/mol. The van der Waals surface area contributed by atoms with Crippen LogP contribution in [0, 0.1) is 0 Å². The van der Waals surface area contributed by atoms with Gasteiger partial charge in [0.1, 0.15) is 0 Å². The van der Waals surface area contributed by atoms with Gasteiger partial charge in [-0.25, -0.2) is 0 Å². The Bertz CT molecular complexity index is 4470. The van der Waals surface area contributed by atoms with Crippen LogP contribution in [0.15, 0.2) is 260 Å². The number of para-hydroxylation sites is 2. The Morgan fingerprint density at radius 3 is 1.59 bits per heavy atom. The van der Waals surface area contributed by atoms with Crippen molar-refractivity contribution in [1.29, 1.82) is 0 Å². The fraction of sp³-hybridized carbons (Fsp3) is 0.0147. The zero-order chi connectivity index (χ0) is 46.8. The van der Waals surface area contributed by atoms with Gasteiger partial charge in [0.25, 0.3) is 5.56 Å². The quantitative estimate of drug-likeness (QED) is 0.153. The van der Waals surface area contributed by atoms with Crippen molar-refractivity contribution in [3.8, 4) is 50.2 Å². The van der Waals surface area contributed by atoms with Gasteiger partial charge in [-0.1, -0.05) is 218 Å². The van der Waals surface area contributed by atoms with Crippen LogP contribution in [-0.2, 0) is 5.41 Å². The standard InChI is InChI=1S/C68H42N2O/c71-67-65-50(44-21-7-2-8-22-44)28-15-31-52(65)53-32-16-33-54-57-41-45(37-40-61(57)70(67)66(53)54)51-29-17-34-58-63(51)55-39-38-48(42-59(55)68(58,46-23-9-3-10-24-46)47-25-11-4-12-26-47)69-60-35-14-13-27-56(60)64-49(30-18-36-62(64)69)43-19-5-1-6-20-43/h1-42H. The van der Waals surface area contributed by atoms with Crippen molar-refractivity contribution in [3.05, 3.63) is 287 Å². The summed E-state index contributed by atoms with van der Waals surface area (Å²) in [6, 6.07) is 92.3. The summed E-state index contributed by atoms with van der Waals surface area (Å²) in [6.45, 7) is 0. The maximum Gasteiger partial charge on any atom is 0.264 e. The van der Waals surface area contributed by atoms with Crippen molar-refractivity contribution in [2.45, 2.75) is 5.41 Å². The Hall–Kier alpha value is -9.31. The maximum atomic E-state index is 15.1. The molecular formula is C68H42N2O. The third-order valence-electron chi connectivity index (χ3n) is 15.6. The Labute approximate surface area is 409 Å². The van der Waals surface area contributed by atoms with Crippen molar-refractivity contribution < 1.29 is 0 Å². The lowest BCUT2D eigenvalue weighted by Gasteiger charge is -2.34. The molecule has 0 saturated heterocycles. The van der Waals surface area contributed by atoms with E-state index in [4.69, 9.17) is 0 Å². The number of pyridine rings is 1. The van der Waals surface area contributed by atoms with Crippen LogP contribution in [0.4, 0.5) is 0 Å². The molecule has 0 unspecified atom stereocenters. The summed E-state index contributed by atoms with van der Waals surface area (Å²) in [6.07, 6.45) is 0. The fourth-order valence-corrected chi connectivity index (χ4v) is 12.7. The summed E-state index contributed by atoms with van der Waals surface area (Å²) in [5, 5.41) is 7.41. The Morgan fingerprint density at radius 2 is 0.873 bits per heavy atom. The second kappa shape index (κ2) is 15.1. The van der Waals surface area contributed by atoms with Crippen LogP contribution in [0.2, 0.25) is 0 Å². The molecule has 0 aliphatic heterocycles. The van der Waals surface area contributed by atoms with Crippen molar-refractivity contribution in [1.82, 2.24) is 8.97 Å². The van der Waals surface area contributed by atoms with Gasteiger partial charge in [0.05, 0.1) is 32.9 Å². The largest absolute Gasteiger partial charge is 0.309 e. The van der Waals surface area contributed by atoms with E-state index in [-0.39, 0.29) is 5.56 Å². The van der Waals surface area contributed by atoms with Gasteiger partial charge in [-0.05, 0) is 109 Å². The molecule has 3 heterocycles. The van der Waals surface area contributed by atoms with Crippen LogP contribution in [0.25, 0.3) is 110 Å². The van der Waals surface area contributed by atoms with Gasteiger partial charge >= 0.3 is 0 Å². The van der Waals surface area contributed by atoms with Gasteiger partial charge in [0, 0.05) is 32.6 Å². The van der Waals surface area contributed by atoms with Crippen molar-refractivity contribution in [3.63, 3.8) is 0 Å². The average molecular weight is 903 g/mol. The van der Waals surface area contributed by atoms with E-state index in [1.54, 1.807) is 0 Å². The van der Waals surface area contributed by atoms with E-state index in [1.165, 1.54) is 66.3 Å². The second-order valence-electron chi connectivity index (χ2n) is 19.0. The zero-order valence-corrected chi connectivity index (χ0v) is 38.6. The van der Waals surface area contributed by atoms with Gasteiger partial charge in [-0.3, -0.25) is 9.20 Å². The van der Waals surface area contributed by atoms with E-state index in [9.17, 15) is 0 Å². The van der Waals surface area contributed by atoms with E-state index in [1.807, 2.05) is 22.6 Å². The molecule has 0 bridgehead atoms. The molecule has 0 amide bonds. The van der Waals surface area contributed by atoms with Crippen LogP contribution in [0.3, 0.4) is 0 Å². The highest BCUT2D eigenvalue weighted by Crippen LogP contribution is 2.59. The third kappa shape index (κ3) is 5.46. The summed E-state index contributed by atoms with van der Waals surface area (Å²) in [5.74, 6) is 0. The Balaban J connectivity index is 1.00. The minimum absolute atomic E-state index is 0.00582. The first-order valence-corrected chi connectivity index (χ1v) is 24.5. The number of hydrogen-bond acceptors (Lipinski definition) is 1. The highest BCUT2D eigenvalue weighted by molar-refractivity contribution is 6.22. The van der Waals surface area contributed by atoms with E-state index in [2.05, 4.69) is 241 Å². The third-order valence-corrected chi connectivity index (χ3v) is 15.6. The van der Waals surface area contributed by atoms with Gasteiger partial charge in [-0.15, -0.1) is 0 Å². The average Bonchev–Trinajstić information content (AvgIpc) is 4.08. The lowest BCUT2D eigenvalue weighted by Crippen LogP contribution is -2.28. The van der Waals surface area contributed by atoms with Crippen LogP contribution >= 0.6 is 0 Å². The smallest absolute Gasteiger partial charge is 0.264 e. The van der Waals surface area contributed by atoms with E-state index >= 15 is 4.79 Å². The number of hydrogen-bond donors (Lipinski definition) is 0. The lowest BCUT2D eigenvalue weighted by atomic mass is 9.67. The Kier molecular flexibility index (Phi) is 8.43. The minimum Gasteiger partial charge on any atom is -0.309 e. The van der Waals surface area contributed by atoms with Gasteiger partial charge in [0.2, 0.25) is 0 Å². The molecule has 71 heavy (non-hydrogen) atoms. The summed E-state index contributed by atoms with van der Waals surface area (Å²) in [4.78, 5) is 15.1. The van der Waals surface area contributed by atoms with Gasteiger partial charge in [-0.2, -0.15) is 0 Å². The number of rotatable bonds is 6. The maximum absolute atomic E-state index is 15.1. The number of benzene rings is 11. The van der Waals surface area contributed by atoms with Crippen LogP contribution in [-0.4, -0.2) is 8.97 Å². The predicted octanol–water partition coefficient (Wildman–Crippen LogP) is 16.7. The molecule has 0 spiro atoms. The van der Waals surface area contributed by atoms with Crippen molar-refractivity contribution in [2.24, 2.45) is 0 Å². The topological polar surface area (TPSA) is 26.4 Å². The van der Waals surface area contributed by atoms with Crippen LogP contribution in [0.1, 0.15) is 22.3 Å². The summed E-state index contributed by atoms with van der Waals surface area (Å²) >= 11 is 0. The SMILES string of the molecule is O=c1c2c(-c3ccccc3)cccc2c2cccc3c4cc(-c5cccc6c5-c5ccc(-n7c8ccccc8c8c(-c9ccccc9)cccc87)cc5C6(c5ccccc5)c5ccccc5)ccc4n1c23. The molecule has 3 aromatic heterocycles. The molecule has 0 atom stereocenters. The Morgan fingerprint density at radius 1 is 0.324 bits per heavy atom. The van der Waals surface area contributed by atoms with Gasteiger partial charge < -0.3 is 4.57 Å². The minimum atomic E-state index is -0.643. The van der Waals surface area contributed by atoms with Crippen LogP contribution in [0.5, 0.6) is 0 Å². The molecule has 0 fully saturated rings. The molecule has 0 radical (unpaired) electrons. The summed E-state index contributed by atoms with van der Waals surface area (Å²) in [7, 11) is 0. The molecule has 3 heteroatoms. The zero-order valence-electron chi connectivity index (χ0n) is 38.6. The number of aromatic nitrogens is 2. The van der Waals surface area contributed by atoms with E-state index < -0.39 is 5.41 Å². The first kappa shape index (κ1) is 39.7.